The second-order valence-electron chi connectivity index (χ2n) is 9.99. The van der Waals surface area contributed by atoms with E-state index in [0.717, 1.165) is 11.1 Å². The fourth-order valence-corrected chi connectivity index (χ4v) is 7.36. The largest absolute Gasteiger partial charge is 0.467 e. The highest BCUT2D eigenvalue weighted by molar-refractivity contribution is 7.93. The summed E-state index contributed by atoms with van der Waals surface area (Å²) in [5, 5.41) is 3.00. The number of hydrogen-bond acceptors (Lipinski definition) is 8. The van der Waals surface area contributed by atoms with Gasteiger partial charge in [0.25, 0.3) is 0 Å². The first-order chi connectivity index (χ1) is 19.0. The van der Waals surface area contributed by atoms with Crippen molar-refractivity contribution >= 4 is 44.8 Å². The number of nitrogens with one attached hydrogen (secondary N) is 1. The average molecular weight is 591 g/mol. The third-order valence-corrected chi connectivity index (χ3v) is 9.83. The number of Topliss-reactive ketones (excluding diaryl/α,β-unsaturated/α-hetero) is 2. The number of hydrogen-bond donors (Lipinski definition) is 1. The minimum atomic E-state index is -4.11. The van der Waals surface area contributed by atoms with Crippen LogP contribution < -0.4 is 10.1 Å². The zero-order valence-electron chi connectivity index (χ0n) is 22.3. The van der Waals surface area contributed by atoms with Gasteiger partial charge in [-0.05, 0) is 49.2 Å². The number of halogens is 1. The number of β-lactam (4-membered cyclic amide) rings is 1. The van der Waals surface area contributed by atoms with Gasteiger partial charge in [0.1, 0.15) is 11.5 Å². The summed E-state index contributed by atoms with van der Waals surface area (Å²) in [5.74, 6) is -0.695. The maximum Gasteiger partial charge on any atom is 0.228 e. The summed E-state index contributed by atoms with van der Waals surface area (Å²) < 4.78 is 37.5. The molecule has 2 amide bonds. The average Bonchev–Trinajstić information content (AvgIpc) is 3.00. The number of sulfone groups is 1. The molecule has 0 saturated carbocycles. The molecule has 0 bridgehead atoms. The van der Waals surface area contributed by atoms with Crippen molar-refractivity contribution < 1.29 is 37.1 Å². The van der Waals surface area contributed by atoms with Gasteiger partial charge in [0.15, 0.2) is 12.6 Å². The monoisotopic (exact) mass is 590 g/mol. The second kappa shape index (κ2) is 12.1. The lowest BCUT2D eigenvalue weighted by atomic mass is 9.92. The molecular formula is C28H31ClN2O8S. The number of carbonyl (C=O) groups excluding carboxylic acids is 4. The van der Waals surface area contributed by atoms with E-state index < -0.39 is 26.4 Å². The van der Waals surface area contributed by atoms with Crippen molar-refractivity contribution in [3.05, 3.63) is 58.6 Å². The van der Waals surface area contributed by atoms with E-state index in [2.05, 4.69) is 5.32 Å². The number of nitrogens with zero attached hydrogens (tertiary/aromatic N) is 1. The van der Waals surface area contributed by atoms with E-state index in [4.69, 9.17) is 21.1 Å². The van der Waals surface area contributed by atoms with Crippen molar-refractivity contribution in [3.63, 3.8) is 0 Å². The van der Waals surface area contributed by atoms with Gasteiger partial charge >= 0.3 is 0 Å². The van der Waals surface area contributed by atoms with Crippen LogP contribution in [-0.2, 0) is 40.2 Å². The Kier molecular flexibility index (Phi) is 8.96. The van der Waals surface area contributed by atoms with Gasteiger partial charge in [0.05, 0.1) is 11.3 Å². The van der Waals surface area contributed by atoms with E-state index in [1.807, 2.05) is 19.1 Å². The first kappa shape index (κ1) is 29.7. The number of ether oxygens (including phenoxy) is 2. The van der Waals surface area contributed by atoms with Gasteiger partial charge in [-0.25, -0.2) is 8.42 Å². The van der Waals surface area contributed by atoms with Crippen LogP contribution in [0.1, 0.15) is 36.8 Å². The summed E-state index contributed by atoms with van der Waals surface area (Å²) in [6.45, 7) is 2.55. The van der Waals surface area contributed by atoms with Crippen molar-refractivity contribution in [1.29, 1.82) is 0 Å². The quantitative estimate of drug-likeness (QED) is 0.384. The topological polar surface area (TPSA) is 136 Å². The molecule has 1 N–H and O–H groups in total. The Hall–Kier alpha value is -3.28. The van der Waals surface area contributed by atoms with E-state index in [0.29, 0.717) is 36.6 Å². The normalized spacial score (nSPS) is 22.5. The number of amides is 2. The molecule has 40 heavy (non-hydrogen) atoms. The molecule has 3 aliphatic heterocycles. The fraction of sp³-hybridized carbons (Fsp3) is 0.429. The molecule has 3 saturated heterocycles. The molecule has 2 unspecified atom stereocenters. The molecule has 5 rings (SSSR count). The third kappa shape index (κ3) is 5.77. The number of methoxy groups -OCH3 is 1. The van der Waals surface area contributed by atoms with Crippen LogP contribution in [0.3, 0.4) is 0 Å². The maximum atomic E-state index is 13.5. The second-order valence-corrected chi connectivity index (χ2v) is 12.6. The van der Waals surface area contributed by atoms with E-state index in [9.17, 15) is 27.6 Å². The van der Waals surface area contributed by atoms with Crippen molar-refractivity contribution in [1.82, 2.24) is 10.2 Å². The van der Waals surface area contributed by atoms with Gasteiger partial charge < -0.3 is 19.7 Å². The number of ketones is 2. The van der Waals surface area contributed by atoms with E-state index in [-0.39, 0.29) is 48.7 Å². The number of aryl methyl sites for hydroxylation is 1. The van der Waals surface area contributed by atoms with Gasteiger partial charge in [-0.15, -0.1) is 0 Å². The summed E-state index contributed by atoms with van der Waals surface area (Å²) in [5.41, 5.74) is 1.75. The fourth-order valence-electron chi connectivity index (χ4n) is 5.14. The molecule has 0 aromatic heterocycles. The Morgan fingerprint density at radius 1 is 1.05 bits per heavy atom. The molecule has 12 heteroatoms. The molecule has 2 aromatic rings. The van der Waals surface area contributed by atoms with Crippen LogP contribution in [0.2, 0.25) is 5.02 Å². The Balaban J connectivity index is 0.000000350. The maximum absolute atomic E-state index is 13.5. The molecule has 3 aliphatic rings. The zero-order chi connectivity index (χ0) is 29.1. The Morgan fingerprint density at radius 2 is 1.77 bits per heavy atom. The Morgan fingerprint density at radius 3 is 2.45 bits per heavy atom. The van der Waals surface area contributed by atoms with Crippen LogP contribution >= 0.6 is 11.6 Å². The minimum Gasteiger partial charge on any atom is -0.467 e. The van der Waals surface area contributed by atoms with Gasteiger partial charge in [0, 0.05) is 50.4 Å². The summed E-state index contributed by atoms with van der Waals surface area (Å²) >= 11 is 5.88. The van der Waals surface area contributed by atoms with Gasteiger partial charge in [-0.2, -0.15) is 0 Å². The molecule has 0 spiro atoms. The van der Waals surface area contributed by atoms with Crippen LogP contribution in [0.15, 0.2) is 47.4 Å². The first-order valence-electron chi connectivity index (χ1n) is 12.8. The smallest absolute Gasteiger partial charge is 0.228 e. The number of fused-ring (bicyclic) bond motifs is 1. The zero-order valence-corrected chi connectivity index (χ0v) is 23.8. The molecular weight excluding hydrogens is 560 g/mol. The van der Waals surface area contributed by atoms with E-state index >= 15 is 0 Å². The van der Waals surface area contributed by atoms with Crippen LogP contribution in [0.4, 0.5) is 0 Å². The highest BCUT2D eigenvalue weighted by atomic mass is 35.5. The lowest BCUT2D eigenvalue weighted by molar-refractivity contribution is -0.150. The van der Waals surface area contributed by atoms with Gasteiger partial charge in [-0.1, -0.05) is 29.3 Å². The summed E-state index contributed by atoms with van der Waals surface area (Å²) in [7, 11) is -2.60. The molecule has 2 atom stereocenters. The molecule has 2 aromatic carbocycles. The van der Waals surface area contributed by atoms with Crippen LogP contribution in [0.5, 0.6) is 5.75 Å². The van der Waals surface area contributed by atoms with Gasteiger partial charge in [0.2, 0.25) is 26.5 Å². The minimum absolute atomic E-state index is 0.000787. The first-order valence-corrected chi connectivity index (χ1v) is 14.7. The number of benzene rings is 2. The van der Waals surface area contributed by atoms with Crippen LogP contribution in [0, 0.1) is 12.8 Å². The molecule has 0 aliphatic carbocycles. The van der Waals surface area contributed by atoms with Gasteiger partial charge in [-0.3, -0.25) is 19.2 Å². The SMILES string of the molecule is COCOc1ccc(C)cc1CC1CN2C(=O)CC2(S(=O)(=O)c2ccc(Cl)cc2)C1=O.O=C1CCNC(=O)CC1. The van der Waals surface area contributed by atoms with Crippen molar-refractivity contribution in [2.45, 2.75) is 48.8 Å². The number of carbonyl (C=O) groups is 4. The van der Waals surface area contributed by atoms with Crippen molar-refractivity contribution in [3.8, 4) is 5.75 Å². The lowest BCUT2D eigenvalue weighted by Gasteiger charge is -2.44. The standard InChI is InChI=1S/C22H22ClNO6S.C6H9NO2/c1-14-3-8-19(30-13-29-2)15(9-14)10-16-12-24-20(25)11-22(24,21(16)26)31(27,28)18-6-4-17(23)5-7-18;8-5-1-2-6(9)7-4-3-5/h3-9,16H,10-13H2,1-2H3;1-4H2,(H,7,9). The molecule has 0 radical (unpaired) electrons. The lowest BCUT2D eigenvalue weighted by Crippen LogP contribution is -2.67. The molecule has 10 nitrogen and oxygen atoms in total. The Labute approximate surface area is 237 Å². The van der Waals surface area contributed by atoms with Crippen molar-refractivity contribution in [2.24, 2.45) is 5.92 Å². The van der Waals surface area contributed by atoms with E-state index in [1.165, 1.54) is 36.3 Å². The molecule has 3 heterocycles. The predicted molar refractivity (Wildman–Crippen MR) is 145 cm³/mol. The third-order valence-electron chi connectivity index (χ3n) is 7.23. The van der Waals surface area contributed by atoms with E-state index in [1.54, 1.807) is 6.07 Å². The van der Waals surface area contributed by atoms with Crippen LogP contribution in [0.25, 0.3) is 0 Å². The summed E-state index contributed by atoms with van der Waals surface area (Å²) in [4.78, 5) is 46.3. The highest BCUT2D eigenvalue weighted by Crippen LogP contribution is 2.49. The van der Waals surface area contributed by atoms with Crippen LogP contribution in [-0.4, -0.2) is 68.6 Å². The highest BCUT2D eigenvalue weighted by Gasteiger charge is 2.70. The summed E-state index contributed by atoms with van der Waals surface area (Å²) in [6.07, 6.45) is 1.23. The summed E-state index contributed by atoms with van der Waals surface area (Å²) in [6, 6.07) is 11.2. The molecule has 214 valence electrons. The number of rotatable bonds is 7. The Bertz CT molecular complexity index is 1410. The van der Waals surface area contributed by atoms with Crippen molar-refractivity contribution in [2.75, 3.05) is 27.0 Å². The predicted octanol–water partition coefficient (Wildman–Crippen LogP) is 2.63. The molecule has 3 fully saturated rings.